The molecule has 0 saturated heterocycles. The number of nitrogens with zero attached hydrogens (tertiary/aromatic N) is 1. The number of hydrogen-bond donors (Lipinski definition) is 1. The predicted octanol–water partition coefficient (Wildman–Crippen LogP) is 1.70. The van der Waals surface area contributed by atoms with Crippen LogP contribution in [0.1, 0.15) is 33.6 Å². The minimum atomic E-state index is 0.787. The quantitative estimate of drug-likeness (QED) is 0.633. The Hall–Kier alpha value is -0.0800. The van der Waals surface area contributed by atoms with Crippen molar-refractivity contribution in [2.75, 3.05) is 26.2 Å². The van der Waals surface area contributed by atoms with E-state index in [9.17, 15) is 0 Å². The summed E-state index contributed by atoms with van der Waals surface area (Å²) in [6.45, 7) is 10.9. The standard InChI is InChI=1S/C10H24N2/c1-4-12(9-7-11)8-5-6-10(2)3/h10H,4-9,11H2,1-3H3. The van der Waals surface area contributed by atoms with Crippen LogP contribution in [-0.2, 0) is 0 Å². The van der Waals surface area contributed by atoms with Gasteiger partial charge in [-0.05, 0) is 31.8 Å². The smallest absolute Gasteiger partial charge is 0.0104 e. The van der Waals surface area contributed by atoms with Gasteiger partial charge in [-0.15, -0.1) is 0 Å². The van der Waals surface area contributed by atoms with Crippen molar-refractivity contribution in [2.45, 2.75) is 33.6 Å². The van der Waals surface area contributed by atoms with Crippen molar-refractivity contribution in [3.05, 3.63) is 0 Å². The van der Waals surface area contributed by atoms with Crippen LogP contribution in [0.3, 0.4) is 0 Å². The summed E-state index contributed by atoms with van der Waals surface area (Å²) in [5.74, 6) is 0.835. The molecule has 74 valence electrons. The molecule has 2 heteroatoms. The molecule has 0 aromatic rings. The molecule has 0 bridgehead atoms. The van der Waals surface area contributed by atoms with Crippen LogP contribution < -0.4 is 5.73 Å². The van der Waals surface area contributed by atoms with Gasteiger partial charge in [0.2, 0.25) is 0 Å². The summed E-state index contributed by atoms with van der Waals surface area (Å²) in [5, 5.41) is 0. The van der Waals surface area contributed by atoms with Crippen LogP contribution in [0.25, 0.3) is 0 Å². The lowest BCUT2D eigenvalue weighted by atomic mass is 10.1. The van der Waals surface area contributed by atoms with Gasteiger partial charge in [0.25, 0.3) is 0 Å². The van der Waals surface area contributed by atoms with Crippen molar-refractivity contribution in [1.29, 1.82) is 0 Å². The Kier molecular flexibility index (Phi) is 7.51. The molecule has 0 aromatic heterocycles. The highest BCUT2D eigenvalue weighted by molar-refractivity contribution is 4.56. The molecule has 0 radical (unpaired) electrons. The first-order valence-corrected chi connectivity index (χ1v) is 5.13. The van der Waals surface area contributed by atoms with Crippen molar-refractivity contribution in [3.63, 3.8) is 0 Å². The Morgan fingerprint density at radius 1 is 1.25 bits per heavy atom. The van der Waals surface area contributed by atoms with Crippen molar-refractivity contribution < 1.29 is 0 Å². The van der Waals surface area contributed by atoms with Crippen molar-refractivity contribution in [1.82, 2.24) is 4.90 Å². The molecule has 0 aliphatic heterocycles. The van der Waals surface area contributed by atoms with Crippen molar-refractivity contribution in [3.8, 4) is 0 Å². The maximum absolute atomic E-state index is 5.49. The van der Waals surface area contributed by atoms with E-state index in [0.29, 0.717) is 0 Å². The number of hydrogen-bond acceptors (Lipinski definition) is 2. The van der Waals surface area contributed by atoms with Crippen LogP contribution in [-0.4, -0.2) is 31.1 Å². The number of likely N-dealkylation sites (N-methyl/N-ethyl adjacent to an activating group) is 1. The minimum Gasteiger partial charge on any atom is -0.329 e. The van der Waals surface area contributed by atoms with E-state index in [2.05, 4.69) is 25.7 Å². The zero-order valence-corrected chi connectivity index (χ0v) is 8.84. The third-order valence-electron chi connectivity index (χ3n) is 2.15. The Labute approximate surface area is 77.1 Å². The monoisotopic (exact) mass is 172 g/mol. The second kappa shape index (κ2) is 7.56. The molecule has 0 spiro atoms. The lowest BCUT2D eigenvalue weighted by Crippen LogP contribution is -2.30. The Morgan fingerprint density at radius 2 is 1.92 bits per heavy atom. The van der Waals surface area contributed by atoms with E-state index in [1.165, 1.54) is 19.4 Å². The third-order valence-corrected chi connectivity index (χ3v) is 2.15. The van der Waals surface area contributed by atoms with E-state index in [-0.39, 0.29) is 0 Å². The molecule has 2 N–H and O–H groups in total. The number of nitrogens with two attached hydrogens (primary N) is 1. The topological polar surface area (TPSA) is 29.3 Å². The van der Waals surface area contributed by atoms with Gasteiger partial charge in [-0.2, -0.15) is 0 Å². The molecule has 2 nitrogen and oxygen atoms in total. The summed E-state index contributed by atoms with van der Waals surface area (Å²) in [7, 11) is 0. The predicted molar refractivity (Wildman–Crippen MR) is 55.2 cm³/mol. The first kappa shape index (κ1) is 11.9. The number of rotatable bonds is 7. The highest BCUT2D eigenvalue weighted by atomic mass is 15.1. The van der Waals surface area contributed by atoms with Crippen LogP contribution in [0.4, 0.5) is 0 Å². The largest absolute Gasteiger partial charge is 0.329 e. The van der Waals surface area contributed by atoms with Gasteiger partial charge >= 0.3 is 0 Å². The van der Waals surface area contributed by atoms with E-state index < -0.39 is 0 Å². The molecule has 0 unspecified atom stereocenters. The molecule has 0 atom stereocenters. The molecule has 0 saturated carbocycles. The van der Waals surface area contributed by atoms with Gasteiger partial charge in [0.15, 0.2) is 0 Å². The molecule has 0 aliphatic carbocycles. The van der Waals surface area contributed by atoms with E-state index in [1.807, 2.05) is 0 Å². The van der Waals surface area contributed by atoms with E-state index >= 15 is 0 Å². The van der Waals surface area contributed by atoms with Crippen LogP contribution in [0, 0.1) is 5.92 Å². The molecule has 0 aromatic carbocycles. The summed E-state index contributed by atoms with van der Waals surface area (Å²) < 4.78 is 0. The molecule has 0 fully saturated rings. The summed E-state index contributed by atoms with van der Waals surface area (Å²) in [6, 6.07) is 0. The zero-order valence-electron chi connectivity index (χ0n) is 8.84. The highest BCUT2D eigenvalue weighted by Gasteiger charge is 2.00. The Morgan fingerprint density at radius 3 is 2.33 bits per heavy atom. The maximum atomic E-state index is 5.49. The second-order valence-electron chi connectivity index (χ2n) is 3.76. The van der Waals surface area contributed by atoms with Gasteiger partial charge in [0.1, 0.15) is 0 Å². The van der Waals surface area contributed by atoms with Gasteiger partial charge in [0, 0.05) is 13.1 Å². The Balaban J connectivity index is 3.31. The van der Waals surface area contributed by atoms with Gasteiger partial charge in [-0.3, -0.25) is 0 Å². The Bertz CT molecular complexity index is 91.8. The first-order chi connectivity index (χ1) is 5.70. The summed E-state index contributed by atoms with van der Waals surface area (Å²) >= 11 is 0. The van der Waals surface area contributed by atoms with E-state index in [0.717, 1.165) is 25.6 Å². The zero-order chi connectivity index (χ0) is 9.40. The van der Waals surface area contributed by atoms with Crippen LogP contribution in [0.15, 0.2) is 0 Å². The average Bonchev–Trinajstić information content (AvgIpc) is 2.02. The minimum absolute atomic E-state index is 0.787. The summed E-state index contributed by atoms with van der Waals surface area (Å²) in [6.07, 6.45) is 2.65. The fourth-order valence-corrected chi connectivity index (χ4v) is 1.33. The van der Waals surface area contributed by atoms with Gasteiger partial charge in [0.05, 0.1) is 0 Å². The molecule has 0 rings (SSSR count). The van der Waals surface area contributed by atoms with E-state index in [1.54, 1.807) is 0 Å². The van der Waals surface area contributed by atoms with Gasteiger partial charge in [-0.1, -0.05) is 20.8 Å². The van der Waals surface area contributed by atoms with Crippen LogP contribution >= 0.6 is 0 Å². The van der Waals surface area contributed by atoms with Crippen molar-refractivity contribution in [2.24, 2.45) is 11.7 Å². The lowest BCUT2D eigenvalue weighted by Gasteiger charge is -2.19. The van der Waals surface area contributed by atoms with Gasteiger partial charge < -0.3 is 10.6 Å². The molecule has 0 amide bonds. The highest BCUT2D eigenvalue weighted by Crippen LogP contribution is 2.04. The maximum Gasteiger partial charge on any atom is 0.0104 e. The van der Waals surface area contributed by atoms with Crippen molar-refractivity contribution >= 4 is 0 Å². The summed E-state index contributed by atoms with van der Waals surface area (Å²) in [4.78, 5) is 2.42. The molecule has 12 heavy (non-hydrogen) atoms. The second-order valence-corrected chi connectivity index (χ2v) is 3.76. The fourth-order valence-electron chi connectivity index (χ4n) is 1.33. The molecule has 0 aliphatic rings. The third kappa shape index (κ3) is 6.62. The lowest BCUT2D eigenvalue weighted by molar-refractivity contribution is 0.283. The first-order valence-electron chi connectivity index (χ1n) is 5.13. The SMILES string of the molecule is CCN(CCN)CCCC(C)C. The summed E-state index contributed by atoms with van der Waals surface area (Å²) in [5.41, 5.74) is 5.49. The fraction of sp³-hybridized carbons (Fsp3) is 1.00. The average molecular weight is 172 g/mol. The van der Waals surface area contributed by atoms with Crippen LogP contribution in [0.5, 0.6) is 0 Å². The van der Waals surface area contributed by atoms with Gasteiger partial charge in [-0.25, -0.2) is 0 Å². The van der Waals surface area contributed by atoms with Crippen LogP contribution in [0.2, 0.25) is 0 Å². The molecular formula is C10H24N2. The molecular weight excluding hydrogens is 148 g/mol. The van der Waals surface area contributed by atoms with E-state index in [4.69, 9.17) is 5.73 Å². The normalized spacial score (nSPS) is 11.5. The molecule has 0 heterocycles.